The maximum atomic E-state index is 8.92. The van der Waals surface area contributed by atoms with Crippen LogP contribution in [0.15, 0.2) is 18.3 Å². The first-order valence-electron chi connectivity index (χ1n) is 5.04. The Bertz CT molecular complexity index is 346. The molecule has 4 heteroatoms. The number of aliphatic hydroxyl groups is 1. The van der Waals surface area contributed by atoms with Crippen LogP contribution in [0.2, 0.25) is 0 Å². The number of hydrogen-bond donors (Lipinski definition) is 1. The van der Waals surface area contributed by atoms with Crippen molar-refractivity contribution in [1.29, 1.82) is 5.26 Å². The smallest absolute Gasteiger partial charge is 0.146 e. The zero-order chi connectivity index (χ0) is 11.1. The minimum Gasteiger partial charge on any atom is -0.396 e. The predicted octanol–water partition coefficient (Wildman–Crippen LogP) is 1.16. The Morgan fingerprint density at radius 3 is 3.00 bits per heavy atom. The van der Waals surface area contributed by atoms with E-state index in [0.29, 0.717) is 17.8 Å². The molecule has 0 aromatic carbocycles. The van der Waals surface area contributed by atoms with Crippen LogP contribution in [0.5, 0.6) is 0 Å². The maximum Gasteiger partial charge on any atom is 0.146 e. The van der Waals surface area contributed by atoms with Crippen molar-refractivity contribution < 1.29 is 5.11 Å². The number of anilines is 1. The van der Waals surface area contributed by atoms with E-state index in [-0.39, 0.29) is 6.61 Å². The van der Waals surface area contributed by atoms with Gasteiger partial charge in [-0.3, -0.25) is 0 Å². The molecule has 1 aromatic heterocycles. The second-order valence-electron chi connectivity index (χ2n) is 3.14. The Balaban J connectivity index is 2.86. The fourth-order valence-electron chi connectivity index (χ4n) is 1.41. The van der Waals surface area contributed by atoms with Gasteiger partial charge in [0.1, 0.15) is 11.9 Å². The van der Waals surface area contributed by atoms with Gasteiger partial charge in [-0.05, 0) is 25.5 Å². The molecule has 4 nitrogen and oxygen atoms in total. The minimum absolute atomic E-state index is 0.158. The lowest BCUT2D eigenvalue weighted by molar-refractivity contribution is 0.289. The second-order valence-corrected chi connectivity index (χ2v) is 3.14. The highest BCUT2D eigenvalue weighted by Crippen LogP contribution is 2.15. The first-order chi connectivity index (χ1) is 7.33. The van der Waals surface area contributed by atoms with Gasteiger partial charge in [-0.2, -0.15) is 5.26 Å². The van der Waals surface area contributed by atoms with E-state index in [2.05, 4.69) is 11.1 Å². The maximum absolute atomic E-state index is 8.92. The Kier molecular flexibility index (Phi) is 4.58. The molecule has 1 aromatic rings. The van der Waals surface area contributed by atoms with Crippen molar-refractivity contribution in [2.24, 2.45) is 0 Å². The fourth-order valence-corrected chi connectivity index (χ4v) is 1.41. The van der Waals surface area contributed by atoms with Crippen LogP contribution < -0.4 is 4.90 Å². The third-order valence-electron chi connectivity index (χ3n) is 2.17. The number of pyridine rings is 1. The van der Waals surface area contributed by atoms with E-state index in [9.17, 15) is 0 Å². The van der Waals surface area contributed by atoms with E-state index in [1.807, 2.05) is 11.8 Å². The summed E-state index contributed by atoms with van der Waals surface area (Å²) in [7, 11) is 0. The van der Waals surface area contributed by atoms with Gasteiger partial charge in [0.2, 0.25) is 0 Å². The van der Waals surface area contributed by atoms with Crippen LogP contribution in [0.25, 0.3) is 0 Å². The summed E-state index contributed by atoms with van der Waals surface area (Å²) in [5.41, 5.74) is 0.581. The zero-order valence-corrected chi connectivity index (χ0v) is 8.85. The molecule has 0 unspecified atom stereocenters. The summed E-state index contributed by atoms with van der Waals surface area (Å²) in [6, 6.07) is 5.63. The normalized spacial score (nSPS) is 9.67. The fraction of sp³-hybridized carbons (Fsp3) is 0.455. The highest BCUT2D eigenvalue weighted by Gasteiger charge is 2.09. The molecule has 0 spiro atoms. The summed E-state index contributed by atoms with van der Waals surface area (Å²) in [6.45, 7) is 3.67. The first-order valence-corrected chi connectivity index (χ1v) is 5.04. The monoisotopic (exact) mass is 205 g/mol. The number of nitrogens with zero attached hydrogens (tertiary/aromatic N) is 3. The molecule has 0 aliphatic heterocycles. The van der Waals surface area contributed by atoms with Gasteiger partial charge < -0.3 is 10.0 Å². The summed E-state index contributed by atoms with van der Waals surface area (Å²) >= 11 is 0. The van der Waals surface area contributed by atoms with Crippen molar-refractivity contribution in [3.05, 3.63) is 23.9 Å². The summed E-state index contributed by atoms with van der Waals surface area (Å²) in [5.74, 6) is 0.705. The highest BCUT2D eigenvalue weighted by atomic mass is 16.3. The Morgan fingerprint density at radius 1 is 1.60 bits per heavy atom. The molecule has 0 radical (unpaired) electrons. The van der Waals surface area contributed by atoms with E-state index in [4.69, 9.17) is 10.4 Å². The average Bonchev–Trinajstić information content (AvgIpc) is 2.30. The number of aliphatic hydroxyl groups excluding tert-OH is 1. The van der Waals surface area contributed by atoms with Crippen molar-refractivity contribution in [3.63, 3.8) is 0 Å². The molecule has 80 valence electrons. The lowest BCUT2D eigenvalue weighted by atomic mass is 10.2. The Hall–Kier alpha value is -1.60. The lowest BCUT2D eigenvalue weighted by Crippen LogP contribution is -2.26. The van der Waals surface area contributed by atoms with Crippen LogP contribution in [0.3, 0.4) is 0 Å². The second kappa shape index (κ2) is 5.99. The lowest BCUT2D eigenvalue weighted by Gasteiger charge is -2.22. The van der Waals surface area contributed by atoms with Crippen LogP contribution in [-0.4, -0.2) is 29.8 Å². The van der Waals surface area contributed by atoms with Gasteiger partial charge in [-0.1, -0.05) is 0 Å². The third kappa shape index (κ3) is 2.93. The van der Waals surface area contributed by atoms with Gasteiger partial charge in [0.15, 0.2) is 0 Å². The molecule has 0 fully saturated rings. The largest absolute Gasteiger partial charge is 0.396 e. The van der Waals surface area contributed by atoms with Crippen molar-refractivity contribution in [2.75, 3.05) is 24.6 Å². The summed E-state index contributed by atoms with van der Waals surface area (Å²) in [4.78, 5) is 6.19. The average molecular weight is 205 g/mol. The van der Waals surface area contributed by atoms with Gasteiger partial charge in [0.25, 0.3) is 0 Å². The highest BCUT2D eigenvalue weighted by molar-refractivity contribution is 5.53. The van der Waals surface area contributed by atoms with Crippen LogP contribution in [0.4, 0.5) is 5.82 Å². The molecular weight excluding hydrogens is 190 g/mol. The Morgan fingerprint density at radius 2 is 2.40 bits per heavy atom. The molecule has 0 bridgehead atoms. The topological polar surface area (TPSA) is 60.1 Å². The van der Waals surface area contributed by atoms with Crippen molar-refractivity contribution in [3.8, 4) is 6.07 Å². The molecular formula is C11H15N3O. The molecule has 0 atom stereocenters. The predicted molar refractivity (Wildman–Crippen MR) is 58.5 cm³/mol. The molecule has 1 rings (SSSR count). The minimum atomic E-state index is 0.158. The van der Waals surface area contributed by atoms with Crippen LogP contribution in [-0.2, 0) is 0 Å². The molecule has 0 aliphatic rings. The molecule has 0 saturated carbocycles. The van der Waals surface area contributed by atoms with Crippen molar-refractivity contribution in [2.45, 2.75) is 13.3 Å². The van der Waals surface area contributed by atoms with Gasteiger partial charge >= 0.3 is 0 Å². The van der Waals surface area contributed by atoms with E-state index in [1.54, 1.807) is 18.3 Å². The van der Waals surface area contributed by atoms with Crippen LogP contribution in [0, 0.1) is 11.3 Å². The summed E-state index contributed by atoms with van der Waals surface area (Å²) in [5, 5.41) is 17.7. The van der Waals surface area contributed by atoms with Crippen LogP contribution >= 0.6 is 0 Å². The number of nitriles is 1. The van der Waals surface area contributed by atoms with Gasteiger partial charge in [0, 0.05) is 25.9 Å². The molecule has 0 saturated heterocycles. The van der Waals surface area contributed by atoms with Gasteiger partial charge in [0.05, 0.1) is 5.56 Å². The number of aromatic nitrogens is 1. The van der Waals surface area contributed by atoms with E-state index in [0.717, 1.165) is 13.1 Å². The molecule has 1 heterocycles. The molecule has 0 amide bonds. The molecule has 1 N–H and O–H groups in total. The third-order valence-corrected chi connectivity index (χ3v) is 2.17. The quantitative estimate of drug-likeness (QED) is 0.783. The van der Waals surface area contributed by atoms with E-state index < -0.39 is 0 Å². The SMILES string of the molecule is CCN(CCCO)c1ncccc1C#N. The van der Waals surface area contributed by atoms with Gasteiger partial charge in [-0.15, -0.1) is 0 Å². The van der Waals surface area contributed by atoms with Crippen LogP contribution in [0.1, 0.15) is 18.9 Å². The number of hydrogen-bond acceptors (Lipinski definition) is 4. The van der Waals surface area contributed by atoms with E-state index in [1.165, 1.54) is 0 Å². The van der Waals surface area contributed by atoms with Gasteiger partial charge in [-0.25, -0.2) is 4.98 Å². The van der Waals surface area contributed by atoms with Crippen molar-refractivity contribution in [1.82, 2.24) is 4.98 Å². The van der Waals surface area contributed by atoms with Crippen molar-refractivity contribution >= 4 is 5.82 Å². The summed E-state index contributed by atoms with van der Waals surface area (Å²) in [6.07, 6.45) is 2.37. The number of rotatable bonds is 5. The Labute approximate surface area is 89.8 Å². The zero-order valence-electron chi connectivity index (χ0n) is 8.85. The standard InChI is InChI=1S/C11H15N3O/c1-2-14(7-4-8-15)11-10(9-12)5-3-6-13-11/h3,5-6,15H,2,4,7-8H2,1H3. The molecule has 15 heavy (non-hydrogen) atoms. The van der Waals surface area contributed by atoms with E-state index >= 15 is 0 Å². The summed E-state index contributed by atoms with van der Waals surface area (Å²) < 4.78 is 0. The molecule has 0 aliphatic carbocycles. The first kappa shape index (κ1) is 11.5.